The van der Waals surface area contributed by atoms with E-state index in [1.165, 1.54) is 25.9 Å². The highest BCUT2D eigenvalue weighted by molar-refractivity contribution is 6.30. The van der Waals surface area contributed by atoms with Crippen molar-refractivity contribution in [2.24, 2.45) is 0 Å². The van der Waals surface area contributed by atoms with Crippen LogP contribution in [0, 0.1) is 0 Å². The summed E-state index contributed by atoms with van der Waals surface area (Å²) in [5, 5.41) is 8.97. The van der Waals surface area contributed by atoms with Crippen LogP contribution in [0.2, 0.25) is 10.0 Å². The first-order valence-electron chi connectivity index (χ1n) is 15.7. The van der Waals surface area contributed by atoms with E-state index < -0.39 is 5.66 Å². The van der Waals surface area contributed by atoms with Crippen LogP contribution in [0.3, 0.4) is 0 Å². The molecule has 6 rings (SSSR count). The van der Waals surface area contributed by atoms with Gasteiger partial charge in [0.05, 0.1) is 25.3 Å². The van der Waals surface area contributed by atoms with Gasteiger partial charge >= 0.3 is 0 Å². The standard InChI is InChI=1S/C35H42Cl2N4O3/c1-23(2)44-31-22-29(43-3)14-15-30(31)35(34(42)41-20-16-28(17-21-41)40-18-4-5-19-40)38-32(24-6-10-26(36)11-7-24)33(39-35)25-8-12-27(37)13-9-25/h6-15,22-23,28,32-33,38-39H,4-5,16-21H2,1-3H3. The molecule has 0 bridgehead atoms. The molecular formula is C35H42Cl2N4O3. The van der Waals surface area contributed by atoms with Gasteiger partial charge in [0, 0.05) is 40.8 Å². The fourth-order valence-electron chi connectivity index (χ4n) is 7.03. The van der Waals surface area contributed by atoms with Gasteiger partial charge in [0.15, 0.2) is 5.66 Å². The van der Waals surface area contributed by atoms with Gasteiger partial charge in [-0.2, -0.15) is 0 Å². The Morgan fingerprint density at radius 3 is 1.89 bits per heavy atom. The number of likely N-dealkylation sites (tertiary alicyclic amines) is 2. The number of nitrogens with zero attached hydrogens (tertiary/aromatic N) is 2. The molecule has 0 spiro atoms. The van der Waals surface area contributed by atoms with Crippen molar-refractivity contribution in [3.05, 3.63) is 93.5 Å². The van der Waals surface area contributed by atoms with E-state index in [1.807, 2.05) is 85.5 Å². The van der Waals surface area contributed by atoms with Crippen molar-refractivity contribution >= 4 is 29.1 Å². The number of halogens is 2. The topological polar surface area (TPSA) is 66.1 Å². The zero-order chi connectivity index (χ0) is 30.8. The molecule has 3 fully saturated rings. The zero-order valence-corrected chi connectivity index (χ0v) is 27.2. The molecule has 3 aromatic carbocycles. The van der Waals surface area contributed by atoms with Gasteiger partial charge < -0.3 is 19.3 Å². The Morgan fingerprint density at radius 1 is 0.841 bits per heavy atom. The van der Waals surface area contributed by atoms with Gasteiger partial charge in [-0.25, -0.2) is 0 Å². The molecule has 9 heteroatoms. The number of piperidine rings is 1. The molecule has 7 nitrogen and oxygen atoms in total. The molecule has 2 N–H and O–H groups in total. The summed E-state index contributed by atoms with van der Waals surface area (Å²) in [6.45, 7) is 7.72. The van der Waals surface area contributed by atoms with Crippen LogP contribution in [0.5, 0.6) is 11.5 Å². The maximum Gasteiger partial charge on any atom is 0.262 e. The summed E-state index contributed by atoms with van der Waals surface area (Å²) in [4.78, 5) is 19.7. The second-order valence-electron chi connectivity index (χ2n) is 12.4. The highest BCUT2D eigenvalue weighted by atomic mass is 35.5. The second-order valence-corrected chi connectivity index (χ2v) is 13.3. The number of hydrogen-bond acceptors (Lipinski definition) is 6. The predicted octanol–water partition coefficient (Wildman–Crippen LogP) is 6.70. The summed E-state index contributed by atoms with van der Waals surface area (Å²) in [5.41, 5.74) is 1.49. The van der Waals surface area contributed by atoms with Crippen LogP contribution in [0.25, 0.3) is 0 Å². The Labute approximate surface area is 270 Å². The minimum Gasteiger partial charge on any atom is -0.497 e. The lowest BCUT2D eigenvalue weighted by molar-refractivity contribution is -0.141. The maximum absolute atomic E-state index is 15.1. The first kappa shape index (κ1) is 31.2. The van der Waals surface area contributed by atoms with Gasteiger partial charge in [0.1, 0.15) is 11.5 Å². The summed E-state index contributed by atoms with van der Waals surface area (Å²) in [5.74, 6) is 1.26. The van der Waals surface area contributed by atoms with E-state index in [2.05, 4.69) is 15.5 Å². The van der Waals surface area contributed by atoms with E-state index in [1.54, 1.807) is 7.11 Å². The third-order valence-electron chi connectivity index (χ3n) is 9.22. The van der Waals surface area contributed by atoms with Gasteiger partial charge in [-0.1, -0.05) is 47.5 Å². The second kappa shape index (κ2) is 13.3. The Balaban J connectivity index is 1.44. The van der Waals surface area contributed by atoms with Crippen molar-refractivity contribution in [2.75, 3.05) is 33.3 Å². The maximum atomic E-state index is 15.1. The Hall–Kier alpha value is -2.81. The first-order chi connectivity index (χ1) is 21.3. The third kappa shape index (κ3) is 6.31. The number of carbonyl (C=O) groups excluding carboxylic acids is 1. The molecular weight excluding hydrogens is 595 g/mol. The van der Waals surface area contributed by atoms with Crippen molar-refractivity contribution < 1.29 is 14.3 Å². The lowest BCUT2D eigenvalue weighted by Crippen LogP contribution is -2.61. The van der Waals surface area contributed by atoms with Crippen molar-refractivity contribution in [1.29, 1.82) is 0 Å². The average molecular weight is 638 g/mol. The summed E-state index contributed by atoms with van der Waals surface area (Å²) < 4.78 is 12.0. The Kier molecular flexibility index (Phi) is 9.41. The minimum absolute atomic E-state index is 0.00780. The molecule has 0 saturated carbocycles. The minimum atomic E-state index is -1.27. The Bertz CT molecular complexity index is 1380. The highest BCUT2D eigenvalue weighted by Gasteiger charge is 2.54. The lowest BCUT2D eigenvalue weighted by Gasteiger charge is -2.41. The summed E-state index contributed by atoms with van der Waals surface area (Å²) in [6.07, 6.45) is 4.38. The van der Waals surface area contributed by atoms with E-state index in [9.17, 15) is 0 Å². The van der Waals surface area contributed by atoms with Gasteiger partial charge in [-0.05, 0) is 100 Å². The smallest absolute Gasteiger partial charge is 0.262 e. The first-order valence-corrected chi connectivity index (χ1v) is 16.5. The number of carbonyl (C=O) groups is 1. The monoisotopic (exact) mass is 636 g/mol. The van der Waals surface area contributed by atoms with Gasteiger partial charge in [-0.15, -0.1) is 0 Å². The third-order valence-corrected chi connectivity index (χ3v) is 9.72. The number of methoxy groups -OCH3 is 1. The molecule has 3 aliphatic rings. The van der Waals surface area contributed by atoms with Gasteiger partial charge in [0.2, 0.25) is 0 Å². The molecule has 1 amide bonds. The van der Waals surface area contributed by atoms with Crippen molar-refractivity contribution in [3.63, 3.8) is 0 Å². The number of benzene rings is 3. The molecule has 3 heterocycles. The van der Waals surface area contributed by atoms with Crippen LogP contribution in [0.4, 0.5) is 0 Å². The SMILES string of the molecule is COc1ccc(C2(C(=O)N3CCC(N4CCCC4)CC3)NC(c3ccc(Cl)cc3)C(c3ccc(Cl)cc3)N2)c(OC(C)C)c1. The molecule has 44 heavy (non-hydrogen) atoms. The van der Waals surface area contributed by atoms with Crippen molar-refractivity contribution in [3.8, 4) is 11.5 Å². The average Bonchev–Trinajstić information content (AvgIpc) is 3.71. The Morgan fingerprint density at radius 2 is 1.39 bits per heavy atom. The molecule has 3 saturated heterocycles. The van der Waals surface area contributed by atoms with Crippen LogP contribution < -0.4 is 20.1 Å². The molecule has 0 aromatic heterocycles. The summed E-state index contributed by atoms with van der Waals surface area (Å²) >= 11 is 12.6. The zero-order valence-electron chi connectivity index (χ0n) is 25.7. The number of nitrogens with one attached hydrogen (secondary N) is 2. The fraction of sp³-hybridized carbons (Fsp3) is 0.457. The van der Waals surface area contributed by atoms with Crippen molar-refractivity contribution in [1.82, 2.24) is 20.4 Å². The number of hydrogen-bond donors (Lipinski definition) is 2. The summed E-state index contributed by atoms with van der Waals surface area (Å²) in [7, 11) is 1.64. The molecule has 234 valence electrons. The van der Waals surface area contributed by atoms with E-state index in [0.717, 1.165) is 29.5 Å². The van der Waals surface area contributed by atoms with E-state index in [4.69, 9.17) is 32.7 Å². The number of ether oxygens (including phenoxy) is 2. The fourth-order valence-corrected chi connectivity index (χ4v) is 7.28. The van der Waals surface area contributed by atoms with Crippen LogP contribution >= 0.6 is 23.2 Å². The molecule has 3 aliphatic heterocycles. The van der Waals surface area contributed by atoms with Gasteiger partial charge in [0.25, 0.3) is 5.91 Å². The van der Waals surface area contributed by atoms with Gasteiger partial charge in [-0.3, -0.25) is 15.4 Å². The van der Waals surface area contributed by atoms with Crippen LogP contribution in [0.1, 0.15) is 68.3 Å². The molecule has 3 aromatic rings. The molecule has 0 radical (unpaired) electrons. The molecule has 0 aliphatic carbocycles. The molecule has 2 atom stereocenters. The van der Waals surface area contributed by atoms with E-state index in [0.29, 0.717) is 40.7 Å². The quantitative estimate of drug-likeness (QED) is 0.287. The molecule has 2 unspecified atom stereocenters. The van der Waals surface area contributed by atoms with Crippen molar-refractivity contribution in [2.45, 2.75) is 69.4 Å². The lowest BCUT2D eigenvalue weighted by atomic mass is 9.94. The summed E-state index contributed by atoms with van der Waals surface area (Å²) in [6, 6.07) is 21.4. The van der Waals surface area contributed by atoms with E-state index in [-0.39, 0.29) is 24.1 Å². The van der Waals surface area contributed by atoms with Crippen LogP contribution in [-0.4, -0.2) is 61.1 Å². The van der Waals surface area contributed by atoms with Crippen LogP contribution in [-0.2, 0) is 10.5 Å². The predicted molar refractivity (Wildman–Crippen MR) is 176 cm³/mol. The largest absolute Gasteiger partial charge is 0.497 e. The van der Waals surface area contributed by atoms with E-state index >= 15 is 4.79 Å². The number of amides is 1. The van der Waals surface area contributed by atoms with Crippen LogP contribution in [0.15, 0.2) is 66.7 Å². The normalized spacial score (nSPS) is 24.6. The highest BCUT2D eigenvalue weighted by Crippen LogP contribution is 2.45. The number of rotatable bonds is 8.